The minimum Gasteiger partial charge on any atom is -0.487 e. The molecule has 2 fully saturated rings. The van der Waals surface area contributed by atoms with Crippen molar-refractivity contribution >= 4 is 5.91 Å². The van der Waals surface area contributed by atoms with Crippen LogP contribution in [-0.4, -0.2) is 43.2 Å². The summed E-state index contributed by atoms with van der Waals surface area (Å²) in [6.45, 7) is 2.96. The fraction of sp³-hybridized carbons (Fsp3) is 0.533. The Bertz CT molecular complexity index is 422. The van der Waals surface area contributed by atoms with E-state index in [2.05, 4.69) is 0 Å². The first-order valence-corrected chi connectivity index (χ1v) is 6.88. The van der Waals surface area contributed by atoms with E-state index in [0.29, 0.717) is 25.4 Å². The maximum atomic E-state index is 12.0. The van der Waals surface area contributed by atoms with Crippen LogP contribution in [0.25, 0.3) is 0 Å². The van der Waals surface area contributed by atoms with Crippen LogP contribution in [0.1, 0.15) is 12.8 Å². The third-order valence-corrected chi connectivity index (χ3v) is 3.73. The van der Waals surface area contributed by atoms with Crippen LogP contribution >= 0.6 is 0 Å². The molecule has 0 aliphatic carbocycles. The zero-order valence-electron chi connectivity index (χ0n) is 11.0. The Morgan fingerprint density at radius 1 is 1.32 bits per heavy atom. The lowest BCUT2D eigenvalue weighted by atomic mass is 10.0. The molecule has 1 unspecified atom stereocenters. The number of para-hydroxylation sites is 1. The molecule has 0 aromatic heterocycles. The molecule has 2 aliphatic rings. The summed E-state index contributed by atoms with van der Waals surface area (Å²) in [6, 6.07) is 9.77. The highest BCUT2D eigenvalue weighted by Gasteiger charge is 2.33. The summed E-state index contributed by atoms with van der Waals surface area (Å²) in [5.41, 5.74) is 0. The van der Waals surface area contributed by atoms with E-state index < -0.39 is 0 Å². The van der Waals surface area contributed by atoms with Gasteiger partial charge >= 0.3 is 0 Å². The molecule has 0 saturated carbocycles. The standard InChI is InChI=1S/C15H19NO3/c17-15(8-12-6-7-18-11-12)16-9-14(10-16)19-13-4-2-1-3-5-13/h1-5,12,14H,6-11H2. The van der Waals surface area contributed by atoms with Gasteiger partial charge in [-0.3, -0.25) is 4.79 Å². The Hall–Kier alpha value is -1.55. The van der Waals surface area contributed by atoms with Crippen molar-refractivity contribution < 1.29 is 14.3 Å². The number of amides is 1. The Kier molecular flexibility index (Phi) is 3.69. The molecular formula is C15H19NO3. The highest BCUT2D eigenvalue weighted by molar-refractivity contribution is 5.77. The molecule has 0 spiro atoms. The summed E-state index contributed by atoms with van der Waals surface area (Å²) in [5, 5.41) is 0. The van der Waals surface area contributed by atoms with Gasteiger partial charge < -0.3 is 14.4 Å². The van der Waals surface area contributed by atoms with Crippen LogP contribution < -0.4 is 4.74 Å². The van der Waals surface area contributed by atoms with Gasteiger partial charge in [-0.1, -0.05) is 18.2 Å². The molecule has 0 bridgehead atoms. The third-order valence-electron chi connectivity index (χ3n) is 3.73. The lowest BCUT2D eigenvalue weighted by molar-refractivity contribution is -0.141. The normalized spacial score (nSPS) is 23.2. The molecular weight excluding hydrogens is 242 g/mol. The fourth-order valence-corrected chi connectivity index (χ4v) is 2.53. The number of carbonyl (C=O) groups is 1. The lowest BCUT2D eigenvalue weighted by Crippen LogP contribution is -2.56. The van der Waals surface area contributed by atoms with Gasteiger partial charge in [-0.15, -0.1) is 0 Å². The van der Waals surface area contributed by atoms with Crippen molar-refractivity contribution in [2.75, 3.05) is 26.3 Å². The molecule has 0 N–H and O–H groups in total. The number of ether oxygens (including phenoxy) is 2. The second kappa shape index (κ2) is 5.61. The van der Waals surface area contributed by atoms with Gasteiger partial charge in [-0.2, -0.15) is 0 Å². The summed E-state index contributed by atoms with van der Waals surface area (Å²) in [7, 11) is 0. The number of likely N-dealkylation sites (tertiary alicyclic amines) is 1. The van der Waals surface area contributed by atoms with Crippen LogP contribution in [0.15, 0.2) is 30.3 Å². The van der Waals surface area contributed by atoms with Crippen LogP contribution in [0.4, 0.5) is 0 Å². The minimum atomic E-state index is 0.145. The van der Waals surface area contributed by atoms with E-state index in [1.807, 2.05) is 35.2 Å². The molecule has 2 aliphatic heterocycles. The SMILES string of the molecule is O=C(CC1CCOC1)N1CC(Oc2ccccc2)C1. The molecule has 4 heteroatoms. The topological polar surface area (TPSA) is 38.8 Å². The van der Waals surface area contributed by atoms with Crippen molar-refractivity contribution in [3.05, 3.63) is 30.3 Å². The number of nitrogens with zero attached hydrogens (tertiary/aromatic N) is 1. The number of benzene rings is 1. The Morgan fingerprint density at radius 2 is 2.11 bits per heavy atom. The third kappa shape index (κ3) is 3.07. The Morgan fingerprint density at radius 3 is 2.79 bits per heavy atom. The van der Waals surface area contributed by atoms with Crippen LogP contribution in [-0.2, 0) is 9.53 Å². The van der Waals surface area contributed by atoms with E-state index in [4.69, 9.17) is 9.47 Å². The van der Waals surface area contributed by atoms with Crippen molar-refractivity contribution in [1.82, 2.24) is 4.90 Å². The van der Waals surface area contributed by atoms with E-state index in [9.17, 15) is 4.79 Å². The van der Waals surface area contributed by atoms with E-state index in [0.717, 1.165) is 25.4 Å². The number of carbonyl (C=O) groups excluding carboxylic acids is 1. The predicted octanol–water partition coefficient (Wildman–Crippen LogP) is 1.70. The van der Waals surface area contributed by atoms with Crippen LogP contribution in [0, 0.1) is 5.92 Å². The number of hydrogen-bond donors (Lipinski definition) is 0. The van der Waals surface area contributed by atoms with Crippen molar-refractivity contribution in [1.29, 1.82) is 0 Å². The van der Waals surface area contributed by atoms with E-state index in [-0.39, 0.29) is 12.0 Å². The summed E-state index contributed by atoms with van der Waals surface area (Å²) < 4.78 is 11.1. The second-order valence-electron chi connectivity index (χ2n) is 5.29. The zero-order chi connectivity index (χ0) is 13.1. The van der Waals surface area contributed by atoms with Gasteiger partial charge in [0.15, 0.2) is 0 Å². The Balaban J connectivity index is 1.41. The van der Waals surface area contributed by atoms with E-state index in [1.54, 1.807) is 0 Å². The van der Waals surface area contributed by atoms with Crippen LogP contribution in [0.3, 0.4) is 0 Å². The van der Waals surface area contributed by atoms with Gasteiger partial charge in [0.2, 0.25) is 5.91 Å². The lowest BCUT2D eigenvalue weighted by Gasteiger charge is -2.39. The molecule has 1 amide bonds. The molecule has 2 heterocycles. The summed E-state index contributed by atoms with van der Waals surface area (Å²) in [4.78, 5) is 13.9. The highest BCUT2D eigenvalue weighted by Crippen LogP contribution is 2.22. The van der Waals surface area contributed by atoms with Gasteiger partial charge in [-0.05, 0) is 24.5 Å². The van der Waals surface area contributed by atoms with Crippen LogP contribution in [0.5, 0.6) is 5.75 Å². The first-order chi connectivity index (χ1) is 9.31. The largest absolute Gasteiger partial charge is 0.487 e. The van der Waals surface area contributed by atoms with Crippen molar-refractivity contribution in [3.63, 3.8) is 0 Å². The van der Waals surface area contributed by atoms with Gasteiger partial charge in [0.05, 0.1) is 13.1 Å². The van der Waals surface area contributed by atoms with Crippen molar-refractivity contribution in [2.45, 2.75) is 18.9 Å². The first kappa shape index (κ1) is 12.5. The maximum absolute atomic E-state index is 12.0. The maximum Gasteiger partial charge on any atom is 0.223 e. The fourth-order valence-electron chi connectivity index (χ4n) is 2.53. The van der Waals surface area contributed by atoms with E-state index >= 15 is 0 Å². The number of hydrogen-bond acceptors (Lipinski definition) is 3. The van der Waals surface area contributed by atoms with Crippen LogP contribution in [0.2, 0.25) is 0 Å². The van der Waals surface area contributed by atoms with Gasteiger partial charge in [0.1, 0.15) is 11.9 Å². The van der Waals surface area contributed by atoms with E-state index in [1.165, 1.54) is 0 Å². The van der Waals surface area contributed by atoms with Gasteiger partial charge in [0, 0.05) is 19.6 Å². The monoisotopic (exact) mass is 261 g/mol. The molecule has 3 rings (SSSR count). The average molecular weight is 261 g/mol. The molecule has 2 saturated heterocycles. The molecule has 19 heavy (non-hydrogen) atoms. The molecule has 102 valence electrons. The number of rotatable bonds is 4. The molecule has 0 radical (unpaired) electrons. The minimum absolute atomic E-state index is 0.145. The van der Waals surface area contributed by atoms with Gasteiger partial charge in [-0.25, -0.2) is 0 Å². The molecule has 1 aromatic rings. The zero-order valence-corrected chi connectivity index (χ0v) is 11.0. The van der Waals surface area contributed by atoms with Gasteiger partial charge in [0.25, 0.3) is 0 Å². The first-order valence-electron chi connectivity index (χ1n) is 6.88. The average Bonchev–Trinajstić information content (AvgIpc) is 2.87. The molecule has 1 atom stereocenters. The second-order valence-corrected chi connectivity index (χ2v) is 5.29. The predicted molar refractivity (Wildman–Crippen MR) is 71.0 cm³/mol. The summed E-state index contributed by atoms with van der Waals surface area (Å²) in [6.07, 6.45) is 1.79. The smallest absolute Gasteiger partial charge is 0.223 e. The summed E-state index contributed by atoms with van der Waals surface area (Å²) in [5.74, 6) is 1.54. The molecule has 4 nitrogen and oxygen atoms in total. The highest BCUT2D eigenvalue weighted by atomic mass is 16.5. The quantitative estimate of drug-likeness (QED) is 0.828. The Labute approximate surface area is 113 Å². The van der Waals surface area contributed by atoms with Crippen molar-refractivity contribution in [2.24, 2.45) is 5.92 Å². The molecule has 1 aromatic carbocycles. The van der Waals surface area contributed by atoms with Crippen molar-refractivity contribution in [3.8, 4) is 5.75 Å². The summed E-state index contributed by atoms with van der Waals surface area (Å²) >= 11 is 0.